The summed E-state index contributed by atoms with van der Waals surface area (Å²) in [6.07, 6.45) is 5.68. The molecule has 1 heterocycles. The zero-order valence-corrected chi connectivity index (χ0v) is 11.9. The van der Waals surface area contributed by atoms with Crippen LogP contribution in [-0.2, 0) is 16.6 Å². The predicted octanol–water partition coefficient (Wildman–Crippen LogP) is 0.957. The Hall–Kier alpha value is -0.500. The van der Waals surface area contributed by atoms with Gasteiger partial charge in [-0.2, -0.15) is 11.8 Å². The van der Waals surface area contributed by atoms with Crippen LogP contribution in [0.2, 0.25) is 0 Å². The number of sulfonamides is 1. The van der Waals surface area contributed by atoms with Gasteiger partial charge in [-0.1, -0.05) is 0 Å². The SMILES string of the molecule is CSCCNS(=O)(=O)c1cc(CO)n(C2CC2)c1. The zero-order chi connectivity index (χ0) is 13.2. The van der Waals surface area contributed by atoms with Crippen molar-refractivity contribution in [1.82, 2.24) is 9.29 Å². The van der Waals surface area contributed by atoms with Crippen molar-refractivity contribution >= 4 is 21.8 Å². The van der Waals surface area contributed by atoms with Gasteiger partial charge in [0.05, 0.1) is 11.5 Å². The standard InChI is InChI=1S/C11H18N2O3S2/c1-17-5-4-12-18(15,16)11-6-10(8-14)13(7-11)9-2-3-9/h6-7,9,12,14H,2-5,8H2,1H3. The Morgan fingerprint density at radius 1 is 1.56 bits per heavy atom. The molecule has 7 heteroatoms. The van der Waals surface area contributed by atoms with Gasteiger partial charge < -0.3 is 9.67 Å². The van der Waals surface area contributed by atoms with Gasteiger partial charge in [-0.15, -0.1) is 0 Å². The molecule has 0 amide bonds. The summed E-state index contributed by atoms with van der Waals surface area (Å²) in [6.45, 7) is 0.295. The monoisotopic (exact) mass is 290 g/mol. The van der Waals surface area contributed by atoms with Crippen LogP contribution in [0.3, 0.4) is 0 Å². The van der Waals surface area contributed by atoms with Gasteiger partial charge in [0.1, 0.15) is 0 Å². The highest BCUT2D eigenvalue weighted by molar-refractivity contribution is 7.98. The lowest BCUT2D eigenvalue weighted by Crippen LogP contribution is -2.25. The number of aliphatic hydroxyl groups excluding tert-OH is 1. The van der Waals surface area contributed by atoms with Gasteiger partial charge in [-0.05, 0) is 25.2 Å². The van der Waals surface area contributed by atoms with E-state index in [0.29, 0.717) is 18.3 Å². The van der Waals surface area contributed by atoms with Crippen molar-refractivity contribution in [2.45, 2.75) is 30.4 Å². The third-order valence-corrected chi connectivity index (χ3v) is 4.96. The molecule has 1 fully saturated rings. The lowest BCUT2D eigenvalue weighted by Gasteiger charge is -2.04. The Balaban J connectivity index is 2.16. The Morgan fingerprint density at radius 2 is 2.28 bits per heavy atom. The molecular weight excluding hydrogens is 272 g/mol. The number of rotatable bonds is 7. The summed E-state index contributed by atoms with van der Waals surface area (Å²) >= 11 is 1.59. The lowest BCUT2D eigenvalue weighted by molar-refractivity contribution is 0.270. The van der Waals surface area contributed by atoms with Crippen LogP contribution in [0, 0.1) is 0 Å². The van der Waals surface area contributed by atoms with Crippen LogP contribution in [0.25, 0.3) is 0 Å². The smallest absolute Gasteiger partial charge is 0.242 e. The van der Waals surface area contributed by atoms with Crippen molar-refractivity contribution < 1.29 is 13.5 Å². The predicted molar refractivity (Wildman–Crippen MR) is 72.2 cm³/mol. The molecule has 0 bridgehead atoms. The van der Waals surface area contributed by atoms with E-state index in [1.165, 1.54) is 0 Å². The van der Waals surface area contributed by atoms with Crippen LogP contribution in [0.15, 0.2) is 17.2 Å². The van der Waals surface area contributed by atoms with Gasteiger partial charge >= 0.3 is 0 Å². The molecule has 0 aromatic carbocycles. The lowest BCUT2D eigenvalue weighted by atomic mass is 10.4. The molecule has 0 saturated heterocycles. The first kappa shape index (κ1) is 13.9. The summed E-state index contributed by atoms with van der Waals surface area (Å²) in [6, 6.07) is 1.92. The molecule has 102 valence electrons. The Labute approximate surface area is 112 Å². The molecule has 2 rings (SSSR count). The maximum atomic E-state index is 12.0. The third-order valence-electron chi connectivity index (χ3n) is 2.92. The Bertz CT molecular complexity index is 506. The number of thioether (sulfide) groups is 1. The molecule has 0 aliphatic heterocycles. The van der Waals surface area contributed by atoms with E-state index in [1.807, 2.05) is 10.8 Å². The minimum Gasteiger partial charge on any atom is -0.390 e. The largest absolute Gasteiger partial charge is 0.390 e. The molecule has 18 heavy (non-hydrogen) atoms. The average molecular weight is 290 g/mol. The molecular formula is C11H18N2O3S2. The van der Waals surface area contributed by atoms with Crippen LogP contribution in [0.4, 0.5) is 0 Å². The van der Waals surface area contributed by atoms with Crippen molar-refractivity contribution in [1.29, 1.82) is 0 Å². The number of nitrogens with zero attached hydrogens (tertiary/aromatic N) is 1. The van der Waals surface area contributed by atoms with Crippen molar-refractivity contribution in [2.24, 2.45) is 0 Å². The first-order chi connectivity index (χ1) is 8.58. The minimum absolute atomic E-state index is 0.128. The summed E-state index contributed by atoms with van der Waals surface area (Å²) in [5, 5.41) is 9.25. The summed E-state index contributed by atoms with van der Waals surface area (Å²) in [7, 11) is -3.45. The van der Waals surface area contributed by atoms with Crippen molar-refractivity contribution in [2.75, 3.05) is 18.6 Å². The molecule has 0 spiro atoms. The maximum Gasteiger partial charge on any atom is 0.242 e. The minimum atomic E-state index is -3.45. The Morgan fingerprint density at radius 3 is 2.83 bits per heavy atom. The van der Waals surface area contributed by atoms with E-state index < -0.39 is 10.0 Å². The van der Waals surface area contributed by atoms with Gasteiger partial charge in [-0.3, -0.25) is 0 Å². The van der Waals surface area contributed by atoms with E-state index in [0.717, 1.165) is 18.6 Å². The van der Waals surface area contributed by atoms with Gasteiger partial charge in [0.25, 0.3) is 0 Å². The van der Waals surface area contributed by atoms with E-state index in [9.17, 15) is 13.5 Å². The molecule has 0 radical (unpaired) electrons. The highest BCUT2D eigenvalue weighted by Crippen LogP contribution is 2.37. The second kappa shape index (κ2) is 5.64. The first-order valence-electron chi connectivity index (χ1n) is 5.88. The number of nitrogens with one attached hydrogen (secondary N) is 1. The van der Waals surface area contributed by atoms with Crippen LogP contribution < -0.4 is 4.72 Å². The van der Waals surface area contributed by atoms with Gasteiger partial charge in [0, 0.05) is 30.2 Å². The molecule has 0 unspecified atom stereocenters. The molecule has 1 aromatic heterocycles. The molecule has 0 atom stereocenters. The highest BCUT2D eigenvalue weighted by atomic mass is 32.2. The molecule has 1 aromatic rings. The van der Waals surface area contributed by atoms with Crippen molar-refractivity contribution in [3.63, 3.8) is 0 Å². The maximum absolute atomic E-state index is 12.0. The van der Waals surface area contributed by atoms with Crippen LogP contribution in [-0.4, -0.2) is 36.6 Å². The second-order valence-corrected chi connectivity index (χ2v) is 7.11. The summed E-state index contributed by atoms with van der Waals surface area (Å²) in [5.41, 5.74) is 0.669. The summed E-state index contributed by atoms with van der Waals surface area (Å²) in [5.74, 6) is 0.745. The topological polar surface area (TPSA) is 71.3 Å². The van der Waals surface area contributed by atoms with Gasteiger partial charge in [-0.25, -0.2) is 13.1 Å². The van der Waals surface area contributed by atoms with Crippen LogP contribution >= 0.6 is 11.8 Å². The van der Waals surface area contributed by atoms with E-state index in [2.05, 4.69) is 4.72 Å². The number of hydrogen-bond acceptors (Lipinski definition) is 4. The normalized spacial score (nSPS) is 16.1. The average Bonchev–Trinajstić information content (AvgIpc) is 3.08. The van der Waals surface area contributed by atoms with Crippen LogP contribution in [0.5, 0.6) is 0 Å². The first-order valence-corrected chi connectivity index (χ1v) is 8.76. The molecule has 1 saturated carbocycles. The summed E-state index contributed by atoms with van der Waals surface area (Å²) < 4.78 is 28.5. The van der Waals surface area contributed by atoms with Gasteiger partial charge in [0.2, 0.25) is 10.0 Å². The van der Waals surface area contributed by atoms with E-state index in [-0.39, 0.29) is 11.5 Å². The van der Waals surface area contributed by atoms with Gasteiger partial charge in [0.15, 0.2) is 0 Å². The molecule has 1 aliphatic carbocycles. The number of aliphatic hydroxyl groups is 1. The third kappa shape index (κ3) is 3.09. The van der Waals surface area contributed by atoms with E-state index in [1.54, 1.807) is 24.0 Å². The van der Waals surface area contributed by atoms with E-state index in [4.69, 9.17) is 0 Å². The number of aromatic nitrogens is 1. The number of hydrogen-bond donors (Lipinski definition) is 2. The fourth-order valence-electron chi connectivity index (χ4n) is 1.82. The van der Waals surface area contributed by atoms with E-state index >= 15 is 0 Å². The quantitative estimate of drug-likeness (QED) is 0.734. The second-order valence-electron chi connectivity index (χ2n) is 4.35. The molecule has 1 aliphatic rings. The highest BCUT2D eigenvalue weighted by Gasteiger charge is 2.27. The molecule has 5 nitrogen and oxygen atoms in total. The fourth-order valence-corrected chi connectivity index (χ4v) is 3.34. The summed E-state index contributed by atoms with van der Waals surface area (Å²) in [4.78, 5) is 0.250. The van der Waals surface area contributed by atoms with Crippen molar-refractivity contribution in [3.05, 3.63) is 18.0 Å². The molecule has 2 N–H and O–H groups in total. The zero-order valence-electron chi connectivity index (χ0n) is 10.3. The van der Waals surface area contributed by atoms with Crippen LogP contribution in [0.1, 0.15) is 24.6 Å². The fraction of sp³-hybridized carbons (Fsp3) is 0.636. The Kier molecular flexibility index (Phi) is 4.37. The van der Waals surface area contributed by atoms with Crippen molar-refractivity contribution in [3.8, 4) is 0 Å².